The summed E-state index contributed by atoms with van der Waals surface area (Å²) in [6, 6.07) is 66.9. The van der Waals surface area contributed by atoms with Crippen LogP contribution in [0.25, 0.3) is 80.0 Å². The van der Waals surface area contributed by atoms with E-state index in [0.29, 0.717) is 0 Å². The predicted octanol–water partition coefficient (Wildman–Crippen LogP) is 14.1. The van der Waals surface area contributed by atoms with E-state index in [-0.39, 0.29) is 0 Å². The molecule has 0 aliphatic rings. The summed E-state index contributed by atoms with van der Waals surface area (Å²) in [5.41, 5.74) is 6.96. The third-order valence-electron chi connectivity index (χ3n) is 10.5. The molecule has 3 heteroatoms. The normalized spacial score (nSPS) is 11.9. The van der Waals surface area contributed by atoms with E-state index in [1.807, 2.05) is 11.3 Å². The molecule has 0 spiro atoms. The lowest BCUT2D eigenvalue weighted by Gasteiger charge is -2.28. The Morgan fingerprint density at radius 3 is 1.88 bits per heavy atom. The second kappa shape index (κ2) is 11.0. The lowest BCUT2D eigenvalue weighted by atomic mass is 9.94. The van der Waals surface area contributed by atoms with Crippen LogP contribution in [0.5, 0.6) is 0 Å². The van der Waals surface area contributed by atoms with Gasteiger partial charge >= 0.3 is 0 Å². The van der Waals surface area contributed by atoms with Crippen molar-refractivity contribution < 1.29 is 0 Å². The van der Waals surface area contributed by atoms with Crippen LogP contribution < -0.4 is 4.90 Å². The van der Waals surface area contributed by atoms with E-state index in [1.54, 1.807) is 0 Å². The molecule has 11 rings (SSSR count). The second-order valence-corrected chi connectivity index (χ2v) is 14.4. The average Bonchev–Trinajstić information content (AvgIpc) is 3.73. The molecule has 0 unspecified atom stereocenters. The monoisotopic (exact) mass is 666 g/mol. The number of para-hydroxylation sites is 2. The summed E-state index contributed by atoms with van der Waals surface area (Å²) >= 11 is 1.86. The van der Waals surface area contributed by atoms with Gasteiger partial charge in [-0.25, -0.2) is 0 Å². The standard InChI is InChI=1S/C48H30N2S/c1-2-13-34(14-3-1)50-42-18-8-6-16-38(42)39-27-25-36(30-44(39)50)49(35-26-28-46-41(29-35)40-17-7-9-20-45(40)51-46)43-19-10-12-32-23-24-33-22-21-31-11-4-5-15-37(31)47(33)48(32)43/h1-30H. The maximum atomic E-state index is 2.49. The van der Waals surface area contributed by atoms with E-state index < -0.39 is 0 Å². The molecule has 0 aliphatic carbocycles. The van der Waals surface area contributed by atoms with Crippen molar-refractivity contribution in [2.75, 3.05) is 4.90 Å². The van der Waals surface area contributed by atoms with E-state index in [9.17, 15) is 0 Å². The van der Waals surface area contributed by atoms with Crippen LogP contribution in [0, 0.1) is 0 Å². The third kappa shape index (κ3) is 4.29. The highest BCUT2D eigenvalue weighted by molar-refractivity contribution is 7.25. The maximum absolute atomic E-state index is 2.49. The number of thiophene rings is 1. The quantitative estimate of drug-likeness (QED) is 0.170. The minimum absolute atomic E-state index is 1.12. The molecule has 0 radical (unpaired) electrons. The van der Waals surface area contributed by atoms with Crippen LogP contribution in [-0.2, 0) is 0 Å². The summed E-state index contributed by atoms with van der Waals surface area (Å²) < 4.78 is 5.02. The van der Waals surface area contributed by atoms with Crippen molar-refractivity contribution in [1.29, 1.82) is 0 Å². The van der Waals surface area contributed by atoms with E-state index in [2.05, 4.69) is 191 Å². The Labute approximate surface area is 298 Å². The van der Waals surface area contributed by atoms with E-state index >= 15 is 0 Å². The van der Waals surface area contributed by atoms with Gasteiger partial charge in [0.05, 0.1) is 16.7 Å². The Bertz CT molecular complexity index is 3150. The van der Waals surface area contributed by atoms with Gasteiger partial charge in [0.1, 0.15) is 0 Å². The molecule has 0 aliphatic heterocycles. The Morgan fingerprint density at radius 1 is 0.373 bits per heavy atom. The number of fused-ring (bicyclic) bond motifs is 11. The van der Waals surface area contributed by atoms with Crippen molar-refractivity contribution in [2.24, 2.45) is 0 Å². The van der Waals surface area contributed by atoms with Crippen LogP contribution >= 0.6 is 11.3 Å². The molecule has 0 bridgehead atoms. The van der Waals surface area contributed by atoms with Gasteiger partial charge in [-0.15, -0.1) is 11.3 Å². The lowest BCUT2D eigenvalue weighted by molar-refractivity contribution is 1.18. The van der Waals surface area contributed by atoms with Crippen LogP contribution in [0.4, 0.5) is 17.1 Å². The highest BCUT2D eigenvalue weighted by Gasteiger charge is 2.21. The Morgan fingerprint density at radius 2 is 1.00 bits per heavy atom. The fourth-order valence-corrected chi connectivity index (χ4v) is 9.36. The summed E-state index contributed by atoms with van der Waals surface area (Å²) in [5.74, 6) is 0. The molecule has 0 N–H and O–H groups in total. The highest BCUT2D eigenvalue weighted by Crippen LogP contribution is 2.46. The fraction of sp³-hybridized carbons (Fsp3) is 0. The number of rotatable bonds is 4. The predicted molar refractivity (Wildman–Crippen MR) is 221 cm³/mol. The molecule has 51 heavy (non-hydrogen) atoms. The zero-order valence-electron chi connectivity index (χ0n) is 27.6. The van der Waals surface area contributed by atoms with Gasteiger partial charge in [0, 0.05) is 53.4 Å². The molecule has 0 fully saturated rings. The molecule has 0 saturated carbocycles. The fourth-order valence-electron chi connectivity index (χ4n) is 8.27. The van der Waals surface area contributed by atoms with Gasteiger partial charge in [-0.2, -0.15) is 0 Å². The van der Waals surface area contributed by atoms with E-state index in [1.165, 1.54) is 74.3 Å². The minimum atomic E-state index is 1.12. The second-order valence-electron chi connectivity index (χ2n) is 13.3. The van der Waals surface area contributed by atoms with Crippen LogP contribution in [0.3, 0.4) is 0 Å². The zero-order valence-corrected chi connectivity index (χ0v) is 28.4. The molecule has 0 atom stereocenters. The van der Waals surface area contributed by atoms with Gasteiger partial charge in [-0.05, 0) is 87.6 Å². The number of hydrogen-bond acceptors (Lipinski definition) is 2. The van der Waals surface area contributed by atoms with Crippen molar-refractivity contribution in [3.8, 4) is 5.69 Å². The van der Waals surface area contributed by atoms with Gasteiger partial charge in [0.2, 0.25) is 0 Å². The zero-order chi connectivity index (χ0) is 33.5. The molecular formula is C48H30N2S. The summed E-state index contributed by atoms with van der Waals surface area (Å²) in [6.45, 7) is 0. The molecule has 2 aromatic heterocycles. The van der Waals surface area contributed by atoms with Crippen molar-refractivity contribution in [2.45, 2.75) is 0 Å². The molecule has 0 amide bonds. The van der Waals surface area contributed by atoms with Gasteiger partial charge in [-0.3, -0.25) is 0 Å². The number of hydrogen-bond donors (Lipinski definition) is 0. The van der Waals surface area contributed by atoms with Gasteiger partial charge in [0.15, 0.2) is 0 Å². The van der Waals surface area contributed by atoms with Crippen molar-refractivity contribution in [3.63, 3.8) is 0 Å². The highest BCUT2D eigenvalue weighted by atomic mass is 32.1. The van der Waals surface area contributed by atoms with E-state index in [0.717, 1.165) is 22.7 Å². The number of aromatic nitrogens is 1. The summed E-state index contributed by atoms with van der Waals surface area (Å²) in [6.07, 6.45) is 0. The van der Waals surface area contributed by atoms with Gasteiger partial charge in [0.25, 0.3) is 0 Å². The molecule has 2 nitrogen and oxygen atoms in total. The summed E-state index contributed by atoms with van der Waals surface area (Å²) in [4.78, 5) is 2.49. The lowest BCUT2D eigenvalue weighted by Crippen LogP contribution is -2.11. The Hall–Kier alpha value is -6.42. The van der Waals surface area contributed by atoms with Gasteiger partial charge in [-0.1, -0.05) is 121 Å². The smallest absolute Gasteiger partial charge is 0.0561 e. The van der Waals surface area contributed by atoms with E-state index in [4.69, 9.17) is 0 Å². The first kappa shape index (κ1) is 28.4. The number of anilines is 3. The SMILES string of the molecule is c1ccc(-n2c3ccccc3c3ccc(N(c4ccc5sc6ccccc6c5c4)c4cccc5ccc6ccc7ccccc7c6c45)cc32)cc1. The van der Waals surface area contributed by atoms with Crippen molar-refractivity contribution in [1.82, 2.24) is 4.57 Å². The Balaban J connectivity index is 1.27. The van der Waals surface area contributed by atoms with Crippen molar-refractivity contribution >= 4 is 103 Å². The van der Waals surface area contributed by atoms with Crippen LogP contribution in [0.15, 0.2) is 182 Å². The van der Waals surface area contributed by atoms with Crippen LogP contribution in [0.1, 0.15) is 0 Å². The number of nitrogens with zero attached hydrogens (tertiary/aromatic N) is 2. The molecule has 238 valence electrons. The first-order chi connectivity index (χ1) is 25.3. The molecule has 0 saturated heterocycles. The van der Waals surface area contributed by atoms with Crippen LogP contribution in [-0.4, -0.2) is 4.57 Å². The van der Waals surface area contributed by atoms with Crippen LogP contribution in [0.2, 0.25) is 0 Å². The van der Waals surface area contributed by atoms with Gasteiger partial charge < -0.3 is 9.47 Å². The summed E-state index contributed by atoms with van der Waals surface area (Å²) in [7, 11) is 0. The Kier molecular flexibility index (Phi) is 6.16. The first-order valence-electron chi connectivity index (χ1n) is 17.4. The molecule has 11 aromatic rings. The largest absolute Gasteiger partial charge is 0.310 e. The molecular weight excluding hydrogens is 637 g/mol. The summed E-state index contributed by atoms with van der Waals surface area (Å²) in [5, 5.41) is 12.6. The topological polar surface area (TPSA) is 8.17 Å². The minimum Gasteiger partial charge on any atom is -0.310 e. The third-order valence-corrected chi connectivity index (χ3v) is 11.7. The first-order valence-corrected chi connectivity index (χ1v) is 18.3. The number of benzene rings is 9. The van der Waals surface area contributed by atoms with Crippen molar-refractivity contribution in [3.05, 3.63) is 182 Å². The maximum Gasteiger partial charge on any atom is 0.0561 e. The average molecular weight is 667 g/mol. The molecule has 9 aromatic carbocycles. The molecule has 2 heterocycles.